The van der Waals surface area contributed by atoms with Gasteiger partial charge in [-0.15, -0.1) is 11.3 Å². The minimum atomic E-state index is -0.0206. The Morgan fingerprint density at radius 3 is 2.80 bits per heavy atom. The van der Waals surface area contributed by atoms with E-state index in [-0.39, 0.29) is 11.4 Å². The summed E-state index contributed by atoms with van der Waals surface area (Å²) < 4.78 is 1.08. The second kappa shape index (κ2) is 3.32. The molecule has 80 valence electrons. The predicted molar refractivity (Wildman–Crippen MR) is 64.2 cm³/mol. The smallest absolute Gasteiger partial charge is 0.262 e. The number of thiophene rings is 1. The maximum atomic E-state index is 11.8. The SMILES string of the molecule is O=C1NC2(CCCCC2)c2cc(Br)sc21. The molecule has 1 aromatic heterocycles. The Morgan fingerprint density at radius 2 is 2.07 bits per heavy atom. The fraction of sp³-hybridized carbons (Fsp3) is 0.545. The van der Waals surface area contributed by atoms with Crippen molar-refractivity contribution in [3.63, 3.8) is 0 Å². The lowest BCUT2D eigenvalue weighted by atomic mass is 9.79. The van der Waals surface area contributed by atoms with Crippen LogP contribution in [-0.4, -0.2) is 5.91 Å². The summed E-state index contributed by atoms with van der Waals surface area (Å²) in [6.07, 6.45) is 5.97. The highest BCUT2D eigenvalue weighted by Crippen LogP contribution is 2.46. The average molecular weight is 286 g/mol. The van der Waals surface area contributed by atoms with Gasteiger partial charge in [-0.3, -0.25) is 4.79 Å². The van der Waals surface area contributed by atoms with E-state index in [1.165, 1.54) is 24.8 Å². The maximum absolute atomic E-state index is 11.8. The number of hydrogen-bond acceptors (Lipinski definition) is 2. The van der Waals surface area contributed by atoms with Gasteiger partial charge in [-0.05, 0) is 34.8 Å². The number of rotatable bonds is 0. The van der Waals surface area contributed by atoms with Crippen LogP contribution in [0.5, 0.6) is 0 Å². The van der Waals surface area contributed by atoms with Crippen LogP contribution in [0.25, 0.3) is 0 Å². The largest absolute Gasteiger partial charge is 0.342 e. The van der Waals surface area contributed by atoms with Gasteiger partial charge in [-0.2, -0.15) is 0 Å². The summed E-state index contributed by atoms with van der Waals surface area (Å²) in [5.74, 6) is 0.127. The number of amides is 1. The van der Waals surface area contributed by atoms with E-state index in [0.717, 1.165) is 21.5 Å². The lowest BCUT2D eigenvalue weighted by Gasteiger charge is -2.33. The highest BCUT2D eigenvalue weighted by Gasteiger charge is 2.44. The topological polar surface area (TPSA) is 29.1 Å². The molecule has 1 aromatic rings. The fourth-order valence-electron chi connectivity index (χ4n) is 2.78. The Balaban J connectivity index is 2.09. The average Bonchev–Trinajstić information content (AvgIpc) is 2.70. The van der Waals surface area contributed by atoms with E-state index in [9.17, 15) is 4.79 Å². The van der Waals surface area contributed by atoms with Crippen molar-refractivity contribution >= 4 is 33.2 Å². The van der Waals surface area contributed by atoms with Gasteiger partial charge in [0.15, 0.2) is 0 Å². The van der Waals surface area contributed by atoms with Crippen molar-refractivity contribution in [1.82, 2.24) is 5.32 Å². The van der Waals surface area contributed by atoms with Crippen LogP contribution in [0.3, 0.4) is 0 Å². The first-order valence-electron chi connectivity index (χ1n) is 5.34. The Labute approximate surface area is 101 Å². The quantitative estimate of drug-likeness (QED) is 0.778. The van der Waals surface area contributed by atoms with E-state index in [1.54, 1.807) is 11.3 Å². The summed E-state index contributed by atoms with van der Waals surface area (Å²) in [6, 6.07) is 2.13. The molecule has 1 fully saturated rings. The first-order valence-corrected chi connectivity index (χ1v) is 6.95. The zero-order valence-corrected chi connectivity index (χ0v) is 10.7. The number of hydrogen-bond donors (Lipinski definition) is 1. The minimum Gasteiger partial charge on any atom is -0.342 e. The van der Waals surface area contributed by atoms with Crippen LogP contribution in [0.15, 0.2) is 9.85 Å². The zero-order chi connectivity index (χ0) is 10.5. The third-order valence-corrected chi connectivity index (χ3v) is 5.12. The highest BCUT2D eigenvalue weighted by molar-refractivity contribution is 9.11. The molecule has 0 unspecified atom stereocenters. The van der Waals surface area contributed by atoms with E-state index in [0.29, 0.717) is 0 Å². The summed E-state index contributed by atoms with van der Waals surface area (Å²) in [5.41, 5.74) is 1.22. The number of carbonyl (C=O) groups excluding carboxylic acids is 1. The Kier molecular flexibility index (Phi) is 2.18. The van der Waals surface area contributed by atoms with Gasteiger partial charge in [-0.25, -0.2) is 0 Å². The van der Waals surface area contributed by atoms with Crippen LogP contribution < -0.4 is 5.32 Å². The molecule has 15 heavy (non-hydrogen) atoms. The van der Waals surface area contributed by atoms with E-state index in [2.05, 4.69) is 27.3 Å². The molecule has 2 heterocycles. The second-order valence-electron chi connectivity index (χ2n) is 4.39. The molecule has 0 saturated heterocycles. The Bertz CT molecular complexity index is 420. The van der Waals surface area contributed by atoms with Crippen LogP contribution in [0.2, 0.25) is 0 Å². The molecule has 1 amide bonds. The van der Waals surface area contributed by atoms with Crippen molar-refractivity contribution in [2.45, 2.75) is 37.6 Å². The maximum Gasteiger partial charge on any atom is 0.262 e. The van der Waals surface area contributed by atoms with E-state index >= 15 is 0 Å². The Morgan fingerprint density at radius 1 is 1.33 bits per heavy atom. The molecule has 1 spiro atoms. The van der Waals surface area contributed by atoms with Gasteiger partial charge in [0, 0.05) is 5.56 Å². The molecule has 1 saturated carbocycles. The van der Waals surface area contributed by atoms with Crippen molar-refractivity contribution in [2.24, 2.45) is 0 Å². The molecule has 0 aromatic carbocycles. The van der Waals surface area contributed by atoms with Crippen LogP contribution in [0, 0.1) is 0 Å². The number of fused-ring (bicyclic) bond motifs is 2. The van der Waals surface area contributed by atoms with Crippen LogP contribution in [0.1, 0.15) is 47.3 Å². The van der Waals surface area contributed by atoms with Gasteiger partial charge in [0.05, 0.1) is 14.2 Å². The number of carbonyl (C=O) groups is 1. The van der Waals surface area contributed by atoms with Crippen LogP contribution in [0.4, 0.5) is 0 Å². The van der Waals surface area contributed by atoms with Gasteiger partial charge in [0.2, 0.25) is 0 Å². The summed E-state index contributed by atoms with van der Waals surface area (Å²) in [7, 11) is 0. The Hall–Kier alpha value is -0.350. The van der Waals surface area contributed by atoms with Crippen LogP contribution in [-0.2, 0) is 5.54 Å². The molecule has 0 atom stereocenters. The van der Waals surface area contributed by atoms with E-state index in [4.69, 9.17) is 0 Å². The first kappa shape index (κ1) is 9.85. The second-order valence-corrected chi connectivity index (χ2v) is 6.82. The van der Waals surface area contributed by atoms with Crippen molar-refractivity contribution < 1.29 is 4.79 Å². The summed E-state index contributed by atoms with van der Waals surface area (Å²) in [6.45, 7) is 0. The van der Waals surface area contributed by atoms with Gasteiger partial charge in [0.25, 0.3) is 5.91 Å². The molecule has 4 heteroatoms. The molecule has 2 aliphatic rings. The molecule has 1 N–H and O–H groups in total. The minimum absolute atomic E-state index is 0.0206. The zero-order valence-electron chi connectivity index (χ0n) is 8.31. The van der Waals surface area contributed by atoms with Gasteiger partial charge in [-0.1, -0.05) is 19.3 Å². The highest BCUT2D eigenvalue weighted by atomic mass is 79.9. The molecule has 0 radical (unpaired) electrons. The van der Waals surface area contributed by atoms with Crippen LogP contribution >= 0.6 is 27.3 Å². The molecular formula is C11H12BrNOS. The molecule has 1 aliphatic carbocycles. The van der Waals surface area contributed by atoms with Crippen molar-refractivity contribution in [3.8, 4) is 0 Å². The van der Waals surface area contributed by atoms with Crippen molar-refractivity contribution in [2.75, 3.05) is 0 Å². The van der Waals surface area contributed by atoms with Gasteiger partial charge < -0.3 is 5.32 Å². The number of halogens is 1. The summed E-state index contributed by atoms with van der Waals surface area (Å²) in [4.78, 5) is 12.8. The third kappa shape index (κ3) is 1.38. The third-order valence-electron chi connectivity index (χ3n) is 3.48. The summed E-state index contributed by atoms with van der Waals surface area (Å²) in [5, 5.41) is 3.19. The van der Waals surface area contributed by atoms with E-state index < -0.39 is 0 Å². The molecule has 3 rings (SSSR count). The summed E-state index contributed by atoms with van der Waals surface area (Å²) >= 11 is 5.03. The number of nitrogens with one attached hydrogen (secondary N) is 1. The van der Waals surface area contributed by atoms with Crippen molar-refractivity contribution in [3.05, 3.63) is 20.3 Å². The molecule has 1 aliphatic heterocycles. The van der Waals surface area contributed by atoms with E-state index in [1.807, 2.05) is 0 Å². The predicted octanol–water partition coefficient (Wildman–Crippen LogP) is 3.41. The van der Waals surface area contributed by atoms with Gasteiger partial charge in [0.1, 0.15) is 0 Å². The normalized spacial score (nSPS) is 22.9. The first-order chi connectivity index (χ1) is 7.21. The standard InChI is InChI=1S/C11H12BrNOS/c12-8-6-7-9(15-8)10(14)13-11(7)4-2-1-3-5-11/h6H,1-5H2,(H,13,14). The molecular weight excluding hydrogens is 274 g/mol. The van der Waals surface area contributed by atoms with Gasteiger partial charge >= 0.3 is 0 Å². The lowest BCUT2D eigenvalue weighted by molar-refractivity contribution is 0.0912. The van der Waals surface area contributed by atoms with Crippen molar-refractivity contribution in [1.29, 1.82) is 0 Å². The lowest BCUT2D eigenvalue weighted by Crippen LogP contribution is -2.40. The monoisotopic (exact) mass is 285 g/mol. The molecule has 2 nitrogen and oxygen atoms in total. The fourth-order valence-corrected chi connectivity index (χ4v) is 4.37. The molecule has 0 bridgehead atoms.